The lowest BCUT2D eigenvalue weighted by Crippen LogP contribution is -2.15. The third-order valence-corrected chi connectivity index (χ3v) is 4.46. The molecule has 0 bridgehead atoms. The highest BCUT2D eigenvalue weighted by Crippen LogP contribution is 2.32. The third kappa shape index (κ3) is 6.34. The van der Waals surface area contributed by atoms with Gasteiger partial charge in [0.1, 0.15) is 0 Å². The van der Waals surface area contributed by atoms with E-state index in [0.717, 1.165) is 43.4 Å². The summed E-state index contributed by atoms with van der Waals surface area (Å²) in [5, 5.41) is 4.29. The SMILES string of the molecule is C1CCOC1.CNC=O.Clc1ccc2[nH]cc(C3CCCOC3)c2c1. The Balaban J connectivity index is 0.000000207. The number of carbonyl (C=O) groups is 1. The molecule has 2 aliphatic rings. The van der Waals surface area contributed by atoms with Crippen LogP contribution in [0.15, 0.2) is 24.4 Å². The summed E-state index contributed by atoms with van der Waals surface area (Å²) in [7, 11) is 1.56. The van der Waals surface area contributed by atoms with Crippen molar-refractivity contribution < 1.29 is 14.3 Å². The lowest BCUT2D eigenvalue weighted by Gasteiger charge is -2.21. The second-order valence-corrected chi connectivity index (χ2v) is 6.51. The summed E-state index contributed by atoms with van der Waals surface area (Å²) in [5.74, 6) is 0.515. The van der Waals surface area contributed by atoms with Crippen molar-refractivity contribution in [2.24, 2.45) is 0 Å². The van der Waals surface area contributed by atoms with Crippen molar-refractivity contribution in [3.63, 3.8) is 0 Å². The molecule has 1 unspecified atom stereocenters. The fraction of sp³-hybridized carbons (Fsp3) is 0.526. The van der Waals surface area contributed by atoms with Crippen molar-refractivity contribution in [1.82, 2.24) is 10.3 Å². The summed E-state index contributed by atoms with van der Waals surface area (Å²) in [4.78, 5) is 12.4. The van der Waals surface area contributed by atoms with E-state index in [1.54, 1.807) is 7.05 Å². The van der Waals surface area contributed by atoms with Crippen molar-refractivity contribution in [2.45, 2.75) is 31.6 Å². The standard InChI is InChI=1S/C13H14ClNO.C4H8O.C2H5NO/c14-10-3-4-13-11(6-10)12(7-15-13)9-2-1-5-16-8-9;1-2-4-5-3-1;1-3-2-4/h3-4,6-7,9,15H,1-2,5,8H2;1-4H2;2H,1H3,(H,3,4). The van der Waals surface area contributed by atoms with Gasteiger partial charge in [-0.3, -0.25) is 4.79 Å². The van der Waals surface area contributed by atoms with Crippen LogP contribution in [0.4, 0.5) is 0 Å². The summed E-state index contributed by atoms with van der Waals surface area (Å²) in [6.07, 6.45) is 7.64. The molecule has 1 aromatic heterocycles. The van der Waals surface area contributed by atoms with Gasteiger partial charge in [-0.25, -0.2) is 0 Å². The van der Waals surface area contributed by atoms with E-state index in [4.69, 9.17) is 25.9 Å². The van der Waals surface area contributed by atoms with Crippen LogP contribution in [0.2, 0.25) is 5.02 Å². The Labute approximate surface area is 154 Å². The predicted molar refractivity (Wildman–Crippen MR) is 101 cm³/mol. The Morgan fingerprint density at radius 3 is 2.48 bits per heavy atom. The number of carbonyl (C=O) groups excluding carboxylic acids is 1. The normalized spacial score (nSPS) is 19.4. The monoisotopic (exact) mass is 366 g/mol. The van der Waals surface area contributed by atoms with Gasteiger partial charge in [0, 0.05) is 54.9 Å². The number of halogens is 1. The van der Waals surface area contributed by atoms with Crippen LogP contribution in [0.5, 0.6) is 0 Å². The summed E-state index contributed by atoms with van der Waals surface area (Å²) in [6.45, 7) is 3.74. The number of rotatable bonds is 2. The van der Waals surface area contributed by atoms with E-state index in [2.05, 4.69) is 16.5 Å². The molecule has 2 aromatic rings. The summed E-state index contributed by atoms with van der Waals surface area (Å²) in [5.41, 5.74) is 2.50. The highest BCUT2D eigenvalue weighted by Gasteiger charge is 2.19. The number of amides is 1. The average Bonchev–Trinajstić information content (AvgIpc) is 3.35. The van der Waals surface area contributed by atoms with Crippen LogP contribution >= 0.6 is 11.6 Å². The van der Waals surface area contributed by atoms with Crippen LogP contribution < -0.4 is 5.32 Å². The van der Waals surface area contributed by atoms with E-state index >= 15 is 0 Å². The van der Waals surface area contributed by atoms with Crippen LogP contribution in [0.3, 0.4) is 0 Å². The van der Waals surface area contributed by atoms with Crippen molar-refractivity contribution >= 4 is 28.9 Å². The first-order chi connectivity index (χ1) is 12.3. The van der Waals surface area contributed by atoms with Crippen molar-refractivity contribution in [3.05, 3.63) is 35.0 Å². The Morgan fingerprint density at radius 2 is 1.92 bits per heavy atom. The zero-order valence-corrected chi connectivity index (χ0v) is 15.5. The molecule has 2 aliphatic heterocycles. The van der Waals surface area contributed by atoms with Crippen LogP contribution in [0.25, 0.3) is 10.9 Å². The second-order valence-electron chi connectivity index (χ2n) is 6.07. The third-order valence-electron chi connectivity index (χ3n) is 4.22. The zero-order valence-electron chi connectivity index (χ0n) is 14.7. The van der Waals surface area contributed by atoms with Crippen molar-refractivity contribution in [2.75, 3.05) is 33.5 Å². The number of ether oxygens (including phenoxy) is 2. The predicted octanol–water partition coefficient (Wildman–Crippen LogP) is 3.87. The fourth-order valence-corrected chi connectivity index (χ4v) is 3.12. The molecule has 2 N–H and O–H groups in total. The first-order valence-corrected chi connectivity index (χ1v) is 9.17. The molecule has 138 valence electrons. The molecular formula is C19H27ClN2O3. The fourth-order valence-electron chi connectivity index (χ4n) is 2.95. The van der Waals surface area contributed by atoms with Gasteiger partial charge in [0.15, 0.2) is 0 Å². The van der Waals surface area contributed by atoms with Crippen molar-refractivity contribution in [3.8, 4) is 0 Å². The maximum absolute atomic E-state index is 9.06. The van der Waals surface area contributed by atoms with E-state index in [9.17, 15) is 0 Å². The Morgan fingerprint density at radius 1 is 1.20 bits per heavy atom. The Bertz CT molecular complexity index is 627. The lowest BCUT2D eigenvalue weighted by atomic mass is 9.93. The van der Waals surface area contributed by atoms with Crippen LogP contribution in [-0.4, -0.2) is 44.9 Å². The molecule has 4 rings (SSSR count). The van der Waals surface area contributed by atoms with Crippen LogP contribution in [0, 0.1) is 0 Å². The molecule has 1 atom stereocenters. The van der Waals surface area contributed by atoms with Crippen molar-refractivity contribution in [1.29, 1.82) is 0 Å². The summed E-state index contributed by atoms with van der Waals surface area (Å²) in [6, 6.07) is 5.99. The van der Waals surface area contributed by atoms with Gasteiger partial charge < -0.3 is 19.8 Å². The highest BCUT2D eigenvalue weighted by molar-refractivity contribution is 6.31. The number of aromatic nitrogens is 1. The molecule has 5 nitrogen and oxygen atoms in total. The topological polar surface area (TPSA) is 63.3 Å². The van der Waals surface area contributed by atoms with Gasteiger partial charge in [-0.2, -0.15) is 0 Å². The van der Waals surface area contributed by atoms with E-state index in [1.165, 1.54) is 30.2 Å². The molecule has 0 spiro atoms. The zero-order chi connectivity index (χ0) is 17.9. The van der Waals surface area contributed by atoms with Gasteiger partial charge in [-0.1, -0.05) is 11.6 Å². The number of benzene rings is 1. The average molecular weight is 367 g/mol. The van der Waals surface area contributed by atoms with Gasteiger partial charge in [0.05, 0.1) is 6.61 Å². The smallest absolute Gasteiger partial charge is 0.206 e. The van der Waals surface area contributed by atoms with Crippen LogP contribution in [0.1, 0.15) is 37.2 Å². The maximum Gasteiger partial charge on any atom is 0.206 e. The Hall–Kier alpha value is -1.56. The molecule has 2 fully saturated rings. The lowest BCUT2D eigenvalue weighted by molar-refractivity contribution is -0.109. The molecule has 2 saturated heterocycles. The minimum absolute atomic E-state index is 0.515. The molecule has 3 heterocycles. The molecule has 0 saturated carbocycles. The first kappa shape index (κ1) is 19.8. The van der Waals surface area contributed by atoms with E-state index in [-0.39, 0.29) is 0 Å². The van der Waals surface area contributed by atoms with Gasteiger partial charge >= 0.3 is 0 Å². The number of aromatic amines is 1. The van der Waals surface area contributed by atoms with E-state index < -0.39 is 0 Å². The molecule has 6 heteroatoms. The number of fused-ring (bicyclic) bond motifs is 1. The largest absolute Gasteiger partial charge is 0.381 e. The molecule has 0 radical (unpaired) electrons. The van der Waals surface area contributed by atoms with E-state index in [0.29, 0.717) is 12.3 Å². The Kier molecular flexibility index (Phi) is 8.80. The minimum atomic E-state index is 0.515. The minimum Gasteiger partial charge on any atom is -0.381 e. The quantitative estimate of drug-likeness (QED) is 0.793. The van der Waals surface area contributed by atoms with Gasteiger partial charge in [0.25, 0.3) is 0 Å². The van der Waals surface area contributed by atoms with Gasteiger partial charge in [0.2, 0.25) is 6.41 Å². The number of hydrogen-bond acceptors (Lipinski definition) is 3. The van der Waals surface area contributed by atoms with E-state index in [1.807, 2.05) is 18.2 Å². The molecule has 1 amide bonds. The highest BCUT2D eigenvalue weighted by atomic mass is 35.5. The van der Waals surface area contributed by atoms with Gasteiger partial charge in [-0.05, 0) is 49.4 Å². The summed E-state index contributed by atoms with van der Waals surface area (Å²) < 4.78 is 10.5. The van der Waals surface area contributed by atoms with Crippen LogP contribution in [-0.2, 0) is 14.3 Å². The summed E-state index contributed by atoms with van der Waals surface area (Å²) >= 11 is 6.04. The molecule has 25 heavy (non-hydrogen) atoms. The molecule has 1 aromatic carbocycles. The first-order valence-electron chi connectivity index (χ1n) is 8.79. The van der Waals surface area contributed by atoms with Gasteiger partial charge in [-0.15, -0.1) is 0 Å². The number of hydrogen-bond donors (Lipinski definition) is 2. The maximum atomic E-state index is 9.06. The number of nitrogens with one attached hydrogen (secondary N) is 2. The second kappa shape index (κ2) is 11.1. The number of H-pyrrole nitrogens is 1. The molecular weight excluding hydrogens is 340 g/mol. The molecule has 0 aliphatic carbocycles.